The summed E-state index contributed by atoms with van der Waals surface area (Å²) in [5, 5.41) is 0.196. The molecule has 2 saturated carbocycles. The molecular weight excluding hydrogens is 280 g/mol. The van der Waals surface area contributed by atoms with Crippen molar-refractivity contribution in [2.45, 2.75) is 63.6 Å². The summed E-state index contributed by atoms with van der Waals surface area (Å²) < 4.78 is 12.5. The van der Waals surface area contributed by atoms with E-state index < -0.39 is 8.32 Å². The molecule has 116 valence electrons. The maximum absolute atomic E-state index is 12.5. The molecule has 3 fully saturated rings. The van der Waals surface area contributed by atoms with Gasteiger partial charge in [0.25, 0.3) is 0 Å². The Morgan fingerprint density at radius 3 is 2.57 bits per heavy atom. The highest BCUT2D eigenvalue weighted by atomic mass is 28.4. The number of carbonyl (C=O) groups is 1. The van der Waals surface area contributed by atoms with Crippen LogP contribution in [0.4, 0.5) is 0 Å². The molecule has 3 nitrogen and oxygen atoms in total. The zero-order valence-electron chi connectivity index (χ0n) is 13.6. The van der Waals surface area contributed by atoms with Crippen molar-refractivity contribution in [3.8, 4) is 0 Å². The molecule has 0 amide bonds. The van der Waals surface area contributed by atoms with Crippen LogP contribution in [-0.2, 0) is 14.0 Å². The molecule has 4 heteroatoms. The van der Waals surface area contributed by atoms with Crippen molar-refractivity contribution in [2.24, 2.45) is 23.7 Å². The Balaban J connectivity index is 1.64. The number of epoxide rings is 1. The summed E-state index contributed by atoms with van der Waals surface area (Å²) in [7, 11) is -1.83. The molecule has 0 radical (unpaired) electrons. The number of hydrogen-bond acceptors (Lipinski definition) is 3. The maximum Gasteiger partial charge on any atom is 0.192 e. The van der Waals surface area contributed by atoms with Crippen LogP contribution in [0, 0.1) is 23.7 Å². The largest absolute Gasteiger partial charge is 0.411 e. The van der Waals surface area contributed by atoms with Crippen LogP contribution in [0.5, 0.6) is 0 Å². The molecule has 0 spiro atoms. The second-order valence-electron chi connectivity index (χ2n) is 8.82. The van der Waals surface area contributed by atoms with E-state index in [1.807, 2.05) is 0 Å². The summed E-state index contributed by atoms with van der Waals surface area (Å²) in [6, 6.07) is 0. The Labute approximate surface area is 128 Å². The van der Waals surface area contributed by atoms with E-state index in [2.05, 4.69) is 46.0 Å². The molecule has 0 unspecified atom stereocenters. The van der Waals surface area contributed by atoms with Gasteiger partial charge in [-0.15, -0.1) is 0 Å². The molecule has 0 N–H and O–H groups in total. The highest BCUT2D eigenvalue weighted by molar-refractivity contribution is 6.74. The number of carbonyl (C=O) groups excluding carboxylic acids is 1. The second kappa shape index (κ2) is 4.09. The van der Waals surface area contributed by atoms with Crippen LogP contribution in [0.25, 0.3) is 0 Å². The third kappa shape index (κ3) is 1.88. The highest BCUT2D eigenvalue weighted by Gasteiger charge is 2.67. The van der Waals surface area contributed by atoms with Crippen molar-refractivity contribution in [2.75, 3.05) is 0 Å². The SMILES string of the molecule is CC(C)(C)[Si](C)(C)O[C@H]1[C@@H]2O[C@@H]2C(=O)[C@@H]2[C@H]1[C@@H]1C=C[C@H]2C1. The van der Waals surface area contributed by atoms with E-state index >= 15 is 0 Å². The third-order valence-electron chi connectivity index (χ3n) is 6.59. The van der Waals surface area contributed by atoms with Crippen LogP contribution < -0.4 is 0 Å². The van der Waals surface area contributed by atoms with Gasteiger partial charge >= 0.3 is 0 Å². The van der Waals surface area contributed by atoms with Gasteiger partial charge in [-0.1, -0.05) is 32.9 Å². The third-order valence-corrected chi connectivity index (χ3v) is 11.1. The first-order valence-corrected chi connectivity index (χ1v) is 11.2. The number of ketones is 1. The Morgan fingerprint density at radius 2 is 1.90 bits per heavy atom. The summed E-state index contributed by atoms with van der Waals surface area (Å²) in [6.45, 7) is 11.4. The normalized spacial score (nSPS) is 47.5. The lowest BCUT2D eigenvalue weighted by Gasteiger charge is -2.44. The average molecular weight is 306 g/mol. The standard InChI is InChI=1S/C17H26O3Si/c1-17(2,3)21(4,5)20-14-12-10-7-6-9(8-10)11(12)13(18)15-16(14)19-15/h6-7,9-12,14-16H,8H2,1-5H3/t9-,10+,11-,12+,14+,15+,16-/m0/s1. The van der Waals surface area contributed by atoms with Crippen molar-refractivity contribution in [1.82, 2.24) is 0 Å². The van der Waals surface area contributed by atoms with E-state index in [0.29, 0.717) is 23.5 Å². The van der Waals surface area contributed by atoms with Crippen LogP contribution in [0.1, 0.15) is 27.2 Å². The van der Waals surface area contributed by atoms with E-state index in [-0.39, 0.29) is 29.3 Å². The fourth-order valence-electron chi connectivity index (χ4n) is 4.38. The van der Waals surface area contributed by atoms with E-state index in [9.17, 15) is 4.79 Å². The van der Waals surface area contributed by atoms with Crippen molar-refractivity contribution in [3.05, 3.63) is 12.2 Å². The van der Waals surface area contributed by atoms with Gasteiger partial charge < -0.3 is 9.16 Å². The Hall–Kier alpha value is -0.453. The number of hydrogen-bond donors (Lipinski definition) is 0. The number of rotatable bonds is 2. The summed E-state index contributed by atoms with van der Waals surface area (Å²) in [5.41, 5.74) is 0. The molecule has 4 rings (SSSR count). The number of allylic oxidation sites excluding steroid dienone is 2. The minimum Gasteiger partial charge on any atom is -0.411 e. The topological polar surface area (TPSA) is 38.8 Å². The smallest absolute Gasteiger partial charge is 0.192 e. The maximum atomic E-state index is 12.5. The van der Waals surface area contributed by atoms with Crippen molar-refractivity contribution >= 4 is 14.1 Å². The zero-order valence-corrected chi connectivity index (χ0v) is 14.6. The molecule has 21 heavy (non-hydrogen) atoms. The zero-order chi connectivity index (χ0) is 15.2. The summed E-state index contributed by atoms with van der Waals surface area (Å²) in [4.78, 5) is 12.5. The Kier molecular flexibility index (Phi) is 2.76. The molecule has 4 aliphatic rings. The number of ether oxygens (including phenoxy) is 1. The lowest BCUT2D eigenvalue weighted by atomic mass is 9.71. The van der Waals surface area contributed by atoms with Gasteiger partial charge in [0.1, 0.15) is 12.2 Å². The van der Waals surface area contributed by atoms with E-state index in [1.54, 1.807) is 0 Å². The molecule has 2 bridgehead atoms. The van der Waals surface area contributed by atoms with Crippen LogP contribution in [0.3, 0.4) is 0 Å². The van der Waals surface area contributed by atoms with Crippen molar-refractivity contribution < 1.29 is 14.0 Å². The van der Waals surface area contributed by atoms with Crippen molar-refractivity contribution in [3.63, 3.8) is 0 Å². The summed E-state index contributed by atoms with van der Waals surface area (Å²) >= 11 is 0. The van der Waals surface area contributed by atoms with Crippen LogP contribution in [-0.4, -0.2) is 32.4 Å². The van der Waals surface area contributed by atoms with E-state index in [0.717, 1.165) is 6.42 Å². The molecular formula is C17H26O3Si. The fourth-order valence-corrected chi connectivity index (χ4v) is 5.71. The van der Waals surface area contributed by atoms with E-state index in [1.165, 1.54) is 0 Å². The number of fused-ring (bicyclic) bond motifs is 6. The highest BCUT2D eigenvalue weighted by Crippen LogP contribution is 2.58. The molecule has 1 aliphatic heterocycles. The van der Waals surface area contributed by atoms with Gasteiger partial charge in [-0.2, -0.15) is 0 Å². The van der Waals surface area contributed by atoms with Gasteiger partial charge in [0.05, 0.1) is 6.10 Å². The first-order valence-electron chi connectivity index (χ1n) is 8.26. The molecule has 7 atom stereocenters. The van der Waals surface area contributed by atoms with Crippen LogP contribution in [0.2, 0.25) is 18.1 Å². The van der Waals surface area contributed by atoms with Gasteiger partial charge in [-0.05, 0) is 36.4 Å². The first kappa shape index (κ1) is 14.2. The van der Waals surface area contributed by atoms with Gasteiger partial charge in [-0.3, -0.25) is 4.79 Å². The Morgan fingerprint density at radius 1 is 1.24 bits per heavy atom. The summed E-state index contributed by atoms with van der Waals surface area (Å²) in [6.07, 6.45) is 5.75. The summed E-state index contributed by atoms with van der Waals surface area (Å²) in [5.74, 6) is 1.87. The predicted octanol–water partition coefficient (Wildman–Crippen LogP) is 3.17. The fraction of sp³-hybridized carbons (Fsp3) is 0.824. The van der Waals surface area contributed by atoms with Gasteiger partial charge in [0.2, 0.25) is 0 Å². The molecule has 1 saturated heterocycles. The average Bonchev–Trinajstić information content (AvgIpc) is 2.91. The molecule has 0 aromatic rings. The van der Waals surface area contributed by atoms with Gasteiger partial charge in [-0.25, -0.2) is 0 Å². The van der Waals surface area contributed by atoms with Gasteiger partial charge in [0, 0.05) is 11.8 Å². The van der Waals surface area contributed by atoms with Crippen LogP contribution in [0.15, 0.2) is 12.2 Å². The minimum atomic E-state index is -1.83. The molecule has 1 heterocycles. The van der Waals surface area contributed by atoms with E-state index in [4.69, 9.17) is 9.16 Å². The quantitative estimate of drug-likeness (QED) is 0.447. The minimum absolute atomic E-state index is 0.0422. The lowest BCUT2D eigenvalue weighted by molar-refractivity contribution is -0.129. The first-order chi connectivity index (χ1) is 9.71. The van der Waals surface area contributed by atoms with Crippen molar-refractivity contribution in [1.29, 1.82) is 0 Å². The Bertz CT molecular complexity index is 519. The second-order valence-corrected chi connectivity index (χ2v) is 13.6. The predicted molar refractivity (Wildman–Crippen MR) is 83.5 cm³/mol. The van der Waals surface area contributed by atoms with Gasteiger partial charge in [0.15, 0.2) is 14.1 Å². The van der Waals surface area contributed by atoms with Crippen LogP contribution >= 0.6 is 0 Å². The molecule has 0 aromatic carbocycles. The molecule has 0 aromatic heterocycles. The number of Topliss-reactive ketones (excluding diaryl/α,β-unsaturated/α-hetero) is 1. The molecule has 3 aliphatic carbocycles. The lowest BCUT2D eigenvalue weighted by Crippen LogP contribution is -2.53. The monoisotopic (exact) mass is 306 g/mol.